The van der Waals surface area contributed by atoms with Crippen molar-refractivity contribution in [3.63, 3.8) is 0 Å². The van der Waals surface area contributed by atoms with Crippen LogP contribution >= 0.6 is 11.6 Å². The molecule has 2 atom stereocenters. The monoisotopic (exact) mass is 648 g/mol. The highest BCUT2D eigenvalue weighted by Gasteiger charge is 2.42. The van der Waals surface area contributed by atoms with Crippen molar-refractivity contribution in [2.24, 2.45) is 17.5 Å². The first-order valence-corrected chi connectivity index (χ1v) is 15.5. The third kappa shape index (κ3) is 7.40. The van der Waals surface area contributed by atoms with Gasteiger partial charge in [-0.15, -0.1) is 0 Å². The highest BCUT2D eigenvalue weighted by molar-refractivity contribution is 6.28. The number of nitrogens with two attached hydrogens (primary N) is 3. The minimum absolute atomic E-state index is 0. The Bertz CT molecular complexity index is 1270. The van der Waals surface area contributed by atoms with Crippen molar-refractivity contribution in [3.8, 4) is 0 Å². The zero-order valence-corrected chi connectivity index (χ0v) is 26.3. The number of halogens is 1. The van der Waals surface area contributed by atoms with Crippen molar-refractivity contribution in [2.45, 2.75) is 117 Å². The van der Waals surface area contributed by atoms with E-state index in [9.17, 15) is 9.59 Å². The topological polar surface area (TPSA) is 189 Å². The molecule has 0 spiro atoms. The molecule has 0 saturated heterocycles. The lowest BCUT2D eigenvalue weighted by Gasteiger charge is -2.43. The van der Waals surface area contributed by atoms with Gasteiger partial charge in [-0.3, -0.25) is 26.7 Å². The number of nitrogens with zero attached hydrogens (tertiary/aromatic N) is 8. The fourth-order valence-corrected chi connectivity index (χ4v) is 6.94. The van der Waals surface area contributed by atoms with Gasteiger partial charge in [0.15, 0.2) is 11.6 Å². The number of nitrogen functional groups attached to an aromatic ring is 1. The SMILES string of the molecule is C.C.CC[C@@H]1C(=O)N(C)c2cnc(Cl)nc2N1C1CCCC1.CC[C@@H]1C(=O)N(C)c2cnc(NN)nc2N1C1CCCC1.NN. The predicted molar refractivity (Wildman–Crippen MR) is 183 cm³/mol. The van der Waals surface area contributed by atoms with Crippen molar-refractivity contribution < 1.29 is 9.59 Å². The third-order valence-corrected chi connectivity index (χ3v) is 9.11. The number of hydrogen-bond acceptors (Lipinski definition) is 12. The van der Waals surface area contributed by atoms with Crippen LogP contribution in [0, 0.1) is 0 Å². The average molecular weight is 649 g/mol. The summed E-state index contributed by atoms with van der Waals surface area (Å²) in [6, 6.07) is 0.488. The van der Waals surface area contributed by atoms with Crippen molar-refractivity contribution in [3.05, 3.63) is 17.7 Å². The molecule has 0 unspecified atom stereocenters. The van der Waals surface area contributed by atoms with E-state index >= 15 is 0 Å². The molecule has 6 rings (SSSR count). The maximum absolute atomic E-state index is 12.6. The summed E-state index contributed by atoms with van der Waals surface area (Å²) >= 11 is 5.97. The van der Waals surface area contributed by atoms with Crippen molar-refractivity contribution >= 4 is 52.4 Å². The van der Waals surface area contributed by atoms with Crippen LogP contribution in [0.15, 0.2) is 12.4 Å². The maximum atomic E-state index is 12.6. The highest BCUT2D eigenvalue weighted by Crippen LogP contribution is 2.41. The van der Waals surface area contributed by atoms with E-state index in [-0.39, 0.29) is 44.0 Å². The van der Waals surface area contributed by atoms with E-state index in [0.29, 0.717) is 18.0 Å². The molecule has 2 aromatic heterocycles. The zero-order chi connectivity index (χ0) is 31.3. The summed E-state index contributed by atoms with van der Waals surface area (Å²) < 4.78 is 0. The van der Waals surface area contributed by atoms with E-state index in [1.54, 1.807) is 36.3 Å². The number of fused-ring (bicyclic) bond motifs is 2. The average Bonchev–Trinajstić information content (AvgIpc) is 3.77. The smallest absolute Gasteiger partial charge is 0.249 e. The summed E-state index contributed by atoms with van der Waals surface area (Å²) in [7, 11) is 3.57. The minimum atomic E-state index is -0.147. The predicted octanol–water partition coefficient (Wildman–Crippen LogP) is 3.99. The van der Waals surface area contributed by atoms with Crippen molar-refractivity contribution in [1.29, 1.82) is 0 Å². The molecule has 7 N–H and O–H groups in total. The Morgan fingerprint density at radius 1 is 0.778 bits per heavy atom. The summed E-state index contributed by atoms with van der Waals surface area (Å²) in [5, 5.41) is 0.240. The lowest BCUT2D eigenvalue weighted by atomic mass is 10.0. The molecule has 2 fully saturated rings. The second kappa shape index (κ2) is 16.8. The lowest BCUT2D eigenvalue weighted by molar-refractivity contribution is -0.120. The van der Waals surface area contributed by atoms with Crippen LogP contribution in [-0.2, 0) is 9.59 Å². The molecule has 15 heteroatoms. The Kier molecular flexibility index (Phi) is 14.2. The van der Waals surface area contributed by atoms with Gasteiger partial charge in [-0.2, -0.15) is 9.97 Å². The van der Waals surface area contributed by atoms with Crippen LogP contribution in [0.25, 0.3) is 0 Å². The third-order valence-electron chi connectivity index (χ3n) is 8.92. The Hall–Kier alpha value is -3.33. The van der Waals surface area contributed by atoms with Gasteiger partial charge < -0.3 is 19.6 Å². The maximum Gasteiger partial charge on any atom is 0.249 e. The van der Waals surface area contributed by atoms with Crippen LogP contribution in [0.1, 0.15) is 92.9 Å². The molecule has 2 aromatic rings. The Morgan fingerprint density at radius 3 is 1.58 bits per heavy atom. The molecule has 2 aliphatic carbocycles. The molecule has 0 aromatic carbocycles. The summed E-state index contributed by atoms with van der Waals surface area (Å²) in [5.41, 5.74) is 4.01. The van der Waals surface area contributed by atoms with Gasteiger partial charge in [-0.05, 0) is 50.1 Å². The van der Waals surface area contributed by atoms with Gasteiger partial charge in [0.05, 0.1) is 12.4 Å². The largest absolute Gasteiger partial charge is 0.340 e. The number of hydrazine groups is 2. The fraction of sp³-hybridized carbons (Fsp3) is 0.667. The number of nitrogens with one attached hydrogen (secondary N) is 1. The molecule has 14 nitrogen and oxygen atoms in total. The van der Waals surface area contributed by atoms with Gasteiger partial charge in [0.2, 0.25) is 23.0 Å². The zero-order valence-electron chi connectivity index (χ0n) is 25.5. The Balaban J connectivity index is 0.000000285. The molecular weight excluding hydrogens is 596 g/mol. The normalized spacial score (nSPS) is 21.1. The van der Waals surface area contributed by atoms with E-state index in [1.165, 1.54) is 25.7 Å². The molecule has 0 bridgehead atoms. The number of rotatable bonds is 5. The van der Waals surface area contributed by atoms with Crippen molar-refractivity contribution in [1.82, 2.24) is 19.9 Å². The number of amides is 2. The van der Waals surface area contributed by atoms with E-state index < -0.39 is 0 Å². The minimum Gasteiger partial charge on any atom is -0.340 e. The molecule has 4 heterocycles. The number of aromatic nitrogens is 4. The molecule has 2 amide bonds. The van der Waals surface area contributed by atoms with Crippen LogP contribution in [0.4, 0.5) is 29.0 Å². The quantitative estimate of drug-likeness (QED) is 0.208. The molecule has 0 radical (unpaired) electrons. The molecule has 45 heavy (non-hydrogen) atoms. The first-order valence-electron chi connectivity index (χ1n) is 15.1. The lowest BCUT2D eigenvalue weighted by Crippen LogP contribution is -2.55. The summed E-state index contributed by atoms with van der Waals surface area (Å²) in [5.74, 6) is 15.7. The summed E-state index contributed by atoms with van der Waals surface area (Å²) in [6.07, 6.45) is 14.2. The first-order chi connectivity index (χ1) is 20.8. The van der Waals surface area contributed by atoms with E-state index in [4.69, 9.17) is 17.4 Å². The Labute approximate surface area is 273 Å². The van der Waals surface area contributed by atoms with Crippen LogP contribution < -0.4 is 42.6 Å². The molecule has 2 aliphatic heterocycles. The number of carbonyl (C=O) groups is 2. The van der Waals surface area contributed by atoms with Gasteiger partial charge in [-0.1, -0.05) is 54.4 Å². The number of hydrogen-bond donors (Lipinski definition) is 4. The van der Waals surface area contributed by atoms with Gasteiger partial charge in [-0.25, -0.2) is 15.8 Å². The molecule has 4 aliphatic rings. The van der Waals surface area contributed by atoms with Crippen LogP contribution in [0.3, 0.4) is 0 Å². The highest BCUT2D eigenvalue weighted by atomic mass is 35.5. The number of anilines is 5. The van der Waals surface area contributed by atoms with Crippen LogP contribution in [0.2, 0.25) is 5.28 Å². The number of likely N-dealkylation sites (N-methyl/N-ethyl adjacent to an activating group) is 2. The molecule has 252 valence electrons. The van der Waals surface area contributed by atoms with Gasteiger partial charge in [0.25, 0.3) is 0 Å². The van der Waals surface area contributed by atoms with Gasteiger partial charge in [0.1, 0.15) is 23.5 Å². The summed E-state index contributed by atoms with van der Waals surface area (Å²) in [4.78, 5) is 50.0. The van der Waals surface area contributed by atoms with E-state index in [0.717, 1.165) is 61.5 Å². The standard InChI is InChI=1S/C14H19ClN4O.C14H22N6O.2CH4.H4N2/c1-3-10-13(20)18(2)11-8-16-14(15)17-12(11)19(10)9-6-4-5-7-9;1-3-10-13(21)19(2)11-8-16-14(18-15)17-12(11)20(10)9-6-4-5-7-9;;;1-2/h8-10H,3-7H2,1-2H3;8-10H,3-7,15H2,1-2H3,(H,16,17,18);2*1H4;1-2H2/t2*10-;;;/m11.../s1. The molecular formula is C30H53ClN12O2. The van der Waals surface area contributed by atoms with Crippen LogP contribution in [-0.4, -0.2) is 70.0 Å². The van der Waals surface area contributed by atoms with Crippen LogP contribution in [0.5, 0.6) is 0 Å². The van der Waals surface area contributed by atoms with Gasteiger partial charge >= 0.3 is 0 Å². The second-order valence-corrected chi connectivity index (χ2v) is 11.6. The molecule has 2 saturated carbocycles. The van der Waals surface area contributed by atoms with Crippen molar-refractivity contribution in [2.75, 3.05) is 39.1 Å². The second-order valence-electron chi connectivity index (χ2n) is 11.2. The Morgan fingerprint density at radius 2 is 1.18 bits per heavy atom. The fourth-order valence-electron chi connectivity index (χ4n) is 6.81. The summed E-state index contributed by atoms with van der Waals surface area (Å²) in [6.45, 7) is 4.10. The first kappa shape index (κ1) is 37.9. The van der Waals surface area contributed by atoms with E-state index in [2.05, 4.69) is 46.8 Å². The van der Waals surface area contributed by atoms with E-state index in [1.807, 2.05) is 13.8 Å². The number of carbonyl (C=O) groups excluding carboxylic acids is 2. The van der Waals surface area contributed by atoms with Gasteiger partial charge in [0, 0.05) is 26.2 Å².